The Hall–Kier alpha value is -4.77. The predicted octanol–water partition coefficient (Wildman–Crippen LogP) is 8.13. The van der Waals surface area contributed by atoms with Crippen LogP contribution in [-0.2, 0) is 9.59 Å². The number of rotatable bonds is 10. The first-order valence-electron chi connectivity index (χ1n) is 13.7. The molecule has 45 heavy (non-hydrogen) atoms. The Morgan fingerprint density at radius 1 is 0.911 bits per heavy atom. The number of nitrogens with one attached hydrogen (secondary N) is 3. The van der Waals surface area contributed by atoms with Crippen LogP contribution >= 0.6 is 34.7 Å². The minimum absolute atomic E-state index is 0.0413. The number of benzene rings is 4. The molecule has 3 amide bonds. The second-order valence-electron chi connectivity index (χ2n) is 9.71. The minimum atomic E-state index is -0.518. The highest BCUT2D eigenvalue weighted by molar-refractivity contribution is 8.00. The highest BCUT2D eigenvalue weighted by Crippen LogP contribution is 2.28. The van der Waals surface area contributed by atoms with Gasteiger partial charge in [-0.25, -0.2) is 9.37 Å². The molecule has 11 heteroatoms. The van der Waals surface area contributed by atoms with Crippen molar-refractivity contribution in [3.63, 3.8) is 0 Å². The molecule has 0 saturated heterocycles. The average molecular weight is 657 g/mol. The van der Waals surface area contributed by atoms with E-state index in [9.17, 15) is 18.8 Å². The van der Waals surface area contributed by atoms with E-state index < -0.39 is 17.1 Å². The summed E-state index contributed by atoms with van der Waals surface area (Å²) in [6.07, 6.45) is 1.55. The van der Waals surface area contributed by atoms with E-state index in [1.807, 2.05) is 0 Å². The van der Waals surface area contributed by atoms with Crippen LogP contribution in [0.2, 0.25) is 5.02 Å². The van der Waals surface area contributed by atoms with E-state index >= 15 is 0 Å². The van der Waals surface area contributed by atoms with Gasteiger partial charge in [0.2, 0.25) is 5.91 Å². The lowest BCUT2D eigenvalue weighted by atomic mass is 10.1. The van der Waals surface area contributed by atoms with E-state index in [4.69, 9.17) is 11.6 Å². The van der Waals surface area contributed by atoms with Crippen LogP contribution in [0.15, 0.2) is 119 Å². The van der Waals surface area contributed by atoms with E-state index in [-0.39, 0.29) is 17.4 Å². The molecular weight excluding hydrogens is 631 g/mol. The van der Waals surface area contributed by atoms with Gasteiger partial charge in [-0.3, -0.25) is 14.4 Å². The van der Waals surface area contributed by atoms with Gasteiger partial charge in [0.1, 0.15) is 11.5 Å². The smallest absolute Gasteiger partial charge is 0.272 e. The lowest BCUT2D eigenvalue weighted by Crippen LogP contribution is -2.30. The summed E-state index contributed by atoms with van der Waals surface area (Å²) >= 11 is 8.76. The molecule has 5 aromatic rings. The maximum absolute atomic E-state index is 13.3. The van der Waals surface area contributed by atoms with Crippen LogP contribution in [-0.4, -0.2) is 28.0 Å². The number of carbonyl (C=O) groups excluding carboxylic acids is 3. The Labute approximate surface area is 272 Å². The molecule has 0 aliphatic heterocycles. The number of amides is 3. The lowest BCUT2D eigenvalue weighted by Gasteiger charge is -2.13. The minimum Gasteiger partial charge on any atom is -0.321 e. The topological polar surface area (TPSA) is 100 Å². The Morgan fingerprint density at radius 3 is 2.36 bits per heavy atom. The third-order valence-electron chi connectivity index (χ3n) is 6.36. The van der Waals surface area contributed by atoms with Crippen molar-refractivity contribution in [1.29, 1.82) is 0 Å². The van der Waals surface area contributed by atoms with Crippen molar-refractivity contribution in [3.8, 4) is 11.3 Å². The standard InChI is InChI=1S/C34H26ClFN4O3S2/c1-21(31(41)40-34-39-30(20-44-34)23-10-12-26(36)13-11-23)45-28-16-14-27(15-17-28)37-33(43)29(19-22-6-5-9-25(35)18-22)38-32(42)24-7-3-2-4-8-24/h2-21H,1H3,(H,37,43)(H,38,42)(H,39,40,41)/b29-19-. The largest absolute Gasteiger partial charge is 0.321 e. The Balaban J connectivity index is 1.21. The molecule has 5 rings (SSSR count). The average Bonchev–Trinajstić information content (AvgIpc) is 3.50. The molecule has 0 radical (unpaired) electrons. The molecule has 0 aliphatic carbocycles. The first kappa shape index (κ1) is 31.6. The Bertz CT molecular complexity index is 1850. The number of anilines is 2. The maximum Gasteiger partial charge on any atom is 0.272 e. The van der Waals surface area contributed by atoms with Gasteiger partial charge in [-0.15, -0.1) is 23.1 Å². The monoisotopic (exact) mass is 656 g/mol. The molecule has 226 valence electrons. The molecule has 0 spiro atoms. The summed E-state index contributed by atoms with van der Waals surface area (Å²) in [4.78, 5) is 44.2. The fourth-order valence-electron chi connectivity index (χ4n) is 4.07. The van der Waals surface area contributed by atoms with Crippen LogP contribution in [0.3, 0.4) is 0 Å². The van der Waals surface area contributed by atoms with Gasteiger partial charge in [-0.2, -0.15) is 0 Å². The highest BCUT2D eigenvalue weighted by atomic mass is 35.5. The number of hydrogen-bond donors (Lipinski definition) is 3. The van der Waals surface area contributed by atoms with Gasteiger partial charge in [-0.1, -0.05) is 41.9 Å². The first-order chi connectivity index (χ1) is 21.7. The summed E-state index contributed by atoms with van der Waals surface area (Å²) in [5.74, 6) is -1.49. The Morgan fingerprint density at radius 2 is 1.64 bits per heavy atom. The molecule has 1 unspecified atom stereocenters. The summed E-state index contributed by atoms with van der Waals surface area (Å²) in [7, 11) is 0. The third kappa shape index (κ3) is 8.89. The predicted molar refractivity (Wildman–Crippen MR) is 180 cm³/mol. The van der Waals surface area contributed by atoms with Crippen molar-refractivity contribution >= 4 is 69.3 Å². The molecule has 1 atom stereocenters. The van der Waals surface area contributed by atoms with Crippen molar-refractivity contribution in [3.05, 3.63) is 136 Å². The third-order valence-corrected chi connectivity index (χ3v) is 8.46. The van der Waals surface area contributed by atoms with Crippen molar-refractivity contribution in [2.24, 2.45) is 0 Å². The van der Waals surface area contributed by atoms with Gasteiger partial charge in [-0.05, 0) is 91.4 Å². The van der Waals surface area contributed by atoms with Crippen LogP contribution in [0.25, 0.3) is 17.3 Å². The molecule has 0 fully saturated rings. The molecule has 0 saturated carbocycles. The van der Waals surface area contributed by atoms with Gasteiger partial charge in [0.15, 0.2) is 5.13 Å². The molecule has 1 aromatic heterocycles. The van der Waals surface area contributed by atoms with E-state index in [0.717, 1.165) is 10.5 Å². The van der Waals surface area contributed by atoms with Crippen molar-refractivity contribution in [2.45, 2.75) is 17.1 Å². The molecule has 3 N–H and O–H groups in total. The number of carbonyl (C=O) groups is 3. The zero-order chi connectivity index (χ0) is 31.8. The fraction of sp³-hybridized carbons (Fsp3) is 0.0588. The summed E-state index contributed by atoms with van der Waals surface area (Å²) < 4.78 is 13.2. The molecule has 0 aliphatic rings. The van der Waals surface area contributed by atoms with E-state index in [2.05, 4.69) is 20.9 Å². The van der Waals surface area contributed by atoms with Gasteiger partial charge in [0, 0.05) is 32.1 Å². The quantitative estimate of drug-likeness (QED) is 0.104. The van der Waals surface area contributed by atoms with Crippen LogP contribution < -0.4 is 16.0 Å². The molecule has 7 nitrogen and oxygen atoms in total. The van der Waals surface area contributed by atoms with Crippen molar-refractivity contribution in [2.75, 3.05) is 10.6 Å². The van der Waals surface area contributed by atoms with Gasteiger partial charge < -0.3 is 16.0 Å². The zero-order valence-electron chi connectivity index (χ0n) is 23.8. The number of hydrogen-bond acceptors (Lipinski definition) is 6. The Kier molecular flexibility index (Phi) is 10.4. The molecule has 4 aromatic carbocycles. The summed E-state index contributed by atoms with van der Waals surface area (Å²) in [5, 5.41) is 10.7. The number of thiazole rings is 1. The van der Waals surface area contributed by atoms with Gasteiger partial charge in [0.25, 0.3) is 11.8 Å². The summed E-state index contributed by atoms with van der Waals surface area (Å²) in [6.45, 7) is 1.78. The maximum atomic E-state index is 13.3. The number of nitrogens with zero attached hydrogens (tertiary/aromatic N) is 1. The van der Waals surface area contributed by atoms with Gasteiger partial charge in [0.05, 0.1) is 10.9 Å². The van der Waals surface area contributed by atoms with Crippen LogP contribution in [0.4, 0.5) is 15.2 Å². The van der Waals surface area contributed by atoms with E-state index in [1.54, 1.807) is 109 Å². The van der Waals surface area contributed by atoms with Crippen LogP contribution in [0.1, 0.15) is 22.8 Å². The number of halogens is 2. The fourth-order valence-corrected chi connectivity index (χ4v) is 5.86. The lowest BCUT2D eigenvalue weighted by molar-refractivity contribution is -0.115. The summed E-state index contributed by atoms with van der Waals surface area (Å²) in [6, 6.07) is 28.6. The second-order valence-corrected chi connectivity index (χ2v) is 12.4. The molecule has 1 heterocycles. The zero-order valence-corrected chi connectivity index (χ0v) is 26.2. The highest BCUT2D eigenvalue weighted by Gasteiger charge is 2.18. The van der Waals surface area contributed by atoms with Crippen molar-refractivity contribution < 1.29 is 18.8 Å². The number of aromatic nitrogens is 1. The molecular formula is C34H26ClFN4O3S2. The van der Waals surface area contributed by atoms with Crippen LogP contribution in [0, 0.1) is 5.82 Å². The first-order valence-corrected chi connectivity index (χ1v) is 15.8. The normalized spacial score (nSPS) is 11.8. The summed E-state index contributed by atoms with van der Waals surface area (Å²) in [5.41, 5.74) is 3.00. The number of thioether (sulfide) groups is 1. The second kappa shape index (κ2) is 14.8. The van der Waals surface area contributed by atoms with Crippen molar-refractivity contribution in [1.82, 2.24) is 10.3 Å². The SMILES string of the molecule is CC(Sc1ccc(NC(=O)/C(=C/c2cccc(Cl)c2)NC(=O)c2ccccc2)cc1)C(=O)Nc1nc(-c2ccc(F)cc2)cs1. The van der Waals surface area contributed by atoms with Crippen LogP contribution in [0.5, 0.6) is 0 Å². The van der Waals surface area contributed by atoms with E-state index in [1.165, 1.54) is 35.2 Å². The molecule has 0 bridgehead atoms. The van der Waals surface area contributed by atoms with Gasteiger partial charge >= 0.3 is 0 Å². The van der Waals surface area contributed by atoms with E-state index in [0.29, 0.717) is 32.7 Å².